The van der Waals surface area contributed by atoms with E-state index in [9.17, 15) is 9.18 Å². The zero-order valence-corrected chi connectivity index (χ0v) is 11.5. The van der Waals surface area contributed by atoms with E-state index < -0.39 is 11.9 Å². The summed E-state index contributed by atoms with van der Waals surface area (Å²) in [7, 11) is 0. The van der Waals surface area contributed by atoms with E-state index >= 15 is 0 Å². The average Bonchev–Trinajstić information content (AvgIpc) is 2.39. The number of hydrogen-bond acceptors (Lipinski definition) is 2. The number of carbonyl (C=O) groups is 1. The van der Waals surface area contributed by atoms with Crippen molar-refractivity contribution in [3.05, 3.63) is 65.0 Å². The van der Waals surface area contributed by atoms with Gasteiger partial charge in [0.15, 0.2) is 0 Å². The number of rotatable bonds is 4. The highest BCUT2D eigenvalue weighted by Crippen LogP contribution is 2.23. The lowest BCUT2D eigenvalue weighted by atomic mass is 10.0. The monoisotopic (exact) mass is 272 g/mol. The molecule has 2 rings (SSSR count). The van der Waals surface area contributed by atoms with Crippen LogP contribution in [0.15, 0.2) is 42.5 Å². The van der Waals surface area contributed by atoms with Crippen LogP contribution in [0.1, 0.15) is 22.7 Å². The molecular formula is C16H17FN2O. The van der Waals surface area contributed by atoms with Gasteiger partial charge in [-0.05, 0) is 43.2 Å². The Balaban J connectivity index is 2.30. The van der Waals surface area contributed by atoms with E-state index in [0.29, 0.717) is 5.56 Å². The summed E-state index contributed by atoms with van der Waals surface area (Å²) in [6.45, 7) is 3.96. The molecule has 0 heterocycles. The fraction of sp³-hybridized carbons (Fsp3) is 0.188. The van der Waals surface area contributed by atoms with E-state index in [1.807, 2.05) is 32.0 Å². The number of halogens is 1. The molecule has 0 aliphatic heterocycles. The number of amides is 1. The standard InChI is InChI=1S/C16H17FN2O/c1-10-3-8-14(11(2)9-10)19-15(16(18)20)12-4-6-13(17)7-5-12/h3-9,15,19H,1-2H3,(H2,18,20). The minimum atomic E-state index is -0.683. The van der Waals surface area contributed by atoms with Crippen molar-refractivity contribution in [2.24, 2.45) is 5.73 Å². The van der Waals surface area contributed by atoms with E-state index in [2.05, 4.69) is 5.32 Å². The minimum Gasteiger partial charge on any atom is -0.370 e. The molecule has 2 aromatic carbocycles. The molecule has 3 N–H and O–H groups in total. The van der Waals surface area contributed by atoms with Crippen LogP contribution in [-0.2, 0) is 4.79 Å². The Morgan fingerprint density at radius 2 is 1.80 bits per heavy atom. The first-order chi connectivity index (χ1) is 9.47. The first kappa shape index (κ1) is 14.1. The molecule has 1 amide bonds. The Morgan fingerprint density at radius 1 is 1.15 bits per heavy atom. The van der Waals surface area contributed by atoms with Crippen LogP contribution >= 0.6 is 0 Å². The number of carbonyl (C=O) groups excluding carboxylic acids is 1. The van der Waals surface area contributed by atoms with Crippen LogP contribution in [0.2, 0.25) is 0 Å². The van der Waals surface area contributed by atoms with Gasteiger partial charge in [0.2, 0.25) is 5.91 Å². The highest BCUT2D eigenvalue weighted by molar-refractivity contribution is 5.84. The highest BCUT2D eigenvalue weighted by Gasteiger charge is 2.18. The van der Waals surface area contributed by atoms with Crippen molar-refractivity contribution in [2.75, 3.05) is 5.32 Å². The minimum absolute atomic E-state index is 0.344. The van der Waals surface area contributed by atoms with Crippen LogP contribution in [0, 0.1) is 19.7 Å². The molecule has 1 atom stereocenters. The molecule has 0 spiro atoms. The van der Waals surface area contributed by atoms with E-state index in [1.54, 1.807) is 12.1 Å². The second-order valence-corrected chi connectivity index (χ2v) is 4.85. The van der Waals surface area contributed by atoms with Crippen LogP contribution in [0.5, 0.6) is 0 Å². The van der Waals surface area contributed by atoms with Crippen LogP contribution < -0.4 is 11.1 Å². The normalized spacial score (nSPS) is 11.9. The fourth-order valence-corrected chi connectivity index (χ4v) is 2.11. The van der Waals surface area contributed by atoms with Crippen molar-refractivity contribution in [3.63, 3.8) is 0 Å². The Morgan fingerprint density at radius 3 is 2.35 bits per heavy atom. The van der Waals surface area contributed by atoms with Gasteiger partial charge >= 0.3 is 0 Å². The molecular weight excluding hydrogens is 255 g/mol. The molecule has 0 radical (unpaired) electrons. The lowest BCUT2D eigenvalue weighted by molar-refractivity contribution is -0.118. The fourth-order valence-electron chi connectivity index (χ4n) is 2.11. The van der Waals surface area contributed by atoms with Crippen molar-refractivity contribution in [3.8, 4) is 0 Å². The van der Waals surface area contributed by atoms with Crippen LogP contribution in [-0.4, -0.2) is 5.91 Å². The molecule has 0 aliphatic carbocycles. The highest BCUT2D eigenvalue weighted by atomic mass is 19.1. The number of nitrogens with two attached hydrogens (primary N) is 1. The molecule has 3 nitrogen and oxygen atoms in total. The summed E-state index contributed by atoms with van der Waals surface area (Å²) in [6, 6.07) is 10.9. The van der Waals surface area contributed by atoms with Gasteiger partial charge < -0.3 is 11.1 Å². The summed E-state index contributed by atoms with van der Waals surface area (Å²) in [5, 5.41) is 3.11. The molecule has 0 fully saturated rings. The lowest BCUT2D eigenvalue weighted by Crippen LogP contribution is -2.28. The van der Waals surface area contributed by atoms with Crippen molar-refractivity contribution in [1.82, 2.24) is 0 Å². The van der Waals surface area contributed by atoms with Gasteiger partial charge in [-0.15, -0.1) is 0 Å². The molecule has 0 aliphatic rings. The van der Waals surface area contributed by atoms with E-state index in [0.717, 1.165) is 16.8 Å². The number of benzene rings is 2. The number of primary amides is 1. The largest absolute Gasteiger partial charge is 0.370 e. The SMILES string of the molecule is Cc1ccc(NC(C(N)=O)c2ccc(F)cc2)c(C)c1. The average molecular weight is 272 g/mol. The van der Waals surface area contributed by atoms with Crippen LogP contribution in [0.4, 0.5) is 10.1 Å². The second kappa shape index (κ2) is 5.74. The van der Waals surface area contributed by atoms with Gasteiger partial charge in [-0.3, -0.25) is 4.79 Å². The van der Waals surface area contributed by atoms with E-state index in [-0.39, 0.29) is 5.82 Å². The Hall–Kier alpha value is -2.36. The summed E-state index contributed by atoms with van der Waals surface area (Å²) in [5.74, 6) is -0.847. The van der Waals surface area contributed by atoms with E-state index in [1.165, 1.54) is 12.1 Å². The van der Waals surface area contributed by atoms with Crippen molar-refractivity contribution >= 4 is 11.6 Å². The van der Waals surface area contributed by atoms with Gasteiger partial charge in [-0.25, -0.2) is 4.39 Å². The summed E-state index contributed by atoms with van der Waals surface area (Å²) >= 11 is 0. The smallest absolute Gasteiger partial charge is 0.244 e. The number of anilines is 1. The Bertz CT molecular complexity index is 623. The quantitative estimate of drug-likeness (QED) is 0.898. The summed E-state index contributed by atoms with van der Waals surface area (Å²) < 4.78 is 13.0. The molecule has 0 saturated heterocycles. The topological polar surface area (TPSA) is 55.1 Å². The van der Waals surface area contributed by atoms with Crippen molar-refractivity contribution in [1.29, 1.82) is 0 Å². The van der Waals surface area contributed by atoms with Gasteiger partial charge in [-0.2, -0.15) is 0 Å². The third-order valence-corrected chi connectivity index (χ3v) is 3.17. The Kier molecular flexibility index (Phi) is 4.03. The Labute approximate surface area is 117 Å². The van der Waals surface area contributed by atoms with Gasteiger partial charge in [0, 0.05) is 5.69 Å². The van der Waals surface area contributed by atoms with Crippen LogP contribution in [0.25, 0.3) is 0 Å². The molecule has 104 valence electrons. The molecule has 0 aromatic heterocycles. The number of nitrogens with one attached hydrogen (secondary N) is 1. The maximum Gasteiger partial charge on any atom is 0.244 e. The summed E-state index contributed by atoms with van der Waals surface area (Å²) in [5.41, 5.74) is 9.08. The van der Waals surface area contributed by atoms with Gasteiger partial charge in [0.25, 0.3) is 0 Å². The number of hydrogen-bond donors (Lipinski definition) is 2. The molecule has 1 unspecified atom stereocenters. The second-order valence-electron chi connectivity index (χ2n) is 4.85. The first-order valence-corrected chi connectivity index (χ1v) is 6.36. The third kappa shape index (κ3) is 3.15. The molecule has 0 bridgehead atoms. The predicted molar refractivity (Wildman–Crippen MR) is 77.9 cm³/mol. The third-order valence-electron chi connectivity index (χ3n) is 3.17. The van der Waals surface area contributed by atoms with Crippen LogP contribution in [0.3, 0.4) is 0 Å². The molecule has 0 saturated carbocycles. The van der Waals surface area contributed by atoms with Crippen molar-refractivity contribution in [2.45, 2.75) is 19.9 Å². The maximum atomic E-state index is 13.0. The zero-order valence-electron chi connectivity index (χ0n) is 11.5. The molecule has 2 aromatic rings. The zero-order chi connectivity index (χ0) is 14.7. The molecule has 20 heavy (non-hydrogen) atoms. The maximum absolute atomic E-state index is 13.0. The van der Waals surface area contributed by atoms with E-state index in [4.69, 9.17) is 5.73 Å². The van der Waals surface area contributed by atoms with Gasteiger partial charge in [0.05, 0.1) is 0 Å². The summed E-state index contributed by atoms with van der Waals surface area (Å²) in [4.78, 5) is 11.6. The van der Waals surface area contributed by atoms with Crippen molar-refractivity contribution < 1.29 is 9.18 Å². The lowest BCUT2D eigenvalue weighted by Gasteiger charge is -2.19. The predicted octanol–water partition coefficient (Wildman–Crippen LogP) is 3.08. The number of aryl methyl sites for hydroxylation is 2. The molecule has 4 heteroatoms. The first-order valence-electron chi connectivity index (χ1n) is 6.36. The summed E-state index contributed by atoms with van der Waals surface area (Å²) in [6.07, 6.45) is 0. The van der Waals surface area contributed by atoms with Gasteiger partial charge in [0.1, 0.15) is 11.9 Å². The van der Waals surface area contributed by atoms with Gasteiger partial charge in [-0.1, -0.05) is 29.8 Å².